The van der Waals surface area contributed by atoms with Crippen molar-refractivity contribution >= 4 is 21.6 Å². The van der Waals surface area contributed by atoms with E-state index in [1.807, 2.05) is 0 Å². The van der Waals surface area contributed by atoms with Crippen LogP contribution < -0.4 is 4.90 Å². The van der Waals surface area contributed by atoms with E-state index in [2.05, 4.69) is 6.07 Å². The average Bonchev–Trinajstić information content (AvgIpc) is 3.32. The summed E-state index contributed by atoms with van der Waals surface area (Å²) in [7, 11) is -3.57. The summed E-state index contributed by atoms with van der Waals surface area (Å²) >= 11 is 0. The molecule has 0 aromatic heterocycles. The highest BCUT2D eigenvalue weighted by molar-refractivity contribution is 7.89. The molecule has 0 aliphatic carbocycles. The van der Waals surface area contributed by atoms with Gasteiger partial charge >= 0.3 is 0 Å². The van der Waals surface area contributed by atoms with Crippen LogP contribution in [0.15, 0.2) is 23.1 Å². The fourth-order valence-electron chi connectivity index (χ4n) is 4.47. The maximum Gasteiger partial charge on any atom is 0.263 e. The molecule has 0 N–H and O–H groups in total. The fourth-order valence-corrected chi connectivity index (χ4v) is 6.01. The number of carbonyl (C=O) groups excluding carboxylic acids is 1. The number of fused-ring (bicyclic) bond motifs is 2. The van der Waals surface area contributed by atoms with Gasteiger partial charge in [0, 0.05) is 38.2 Å². The number of hydrogen-bond donors (Lipinski definition) is 0. The Bertz CT molecular complexity index is 910. The number of rotatable bonds is 5. The highest BCUT2D eigenvalue weighted by atomic mass is 32.2. The number of sulfonamides is 1. The molecule has 1 aromatic rings. The van der Waals surface area contributed by atoms with Crippen molar-refractivity contribution in [1.29, 1.82) is 5.26 Å². The van der Waals surface area contributed by atoms with Crippen molar-refractivity contribution in [1.82, 2.24) is 4.31 Å². The molecular formula is C20H25N3O4S. The zero-order valence-corrected chi connectivity index (χ0v) is 16.7. The third-order valence-electron chi connectivity index (χ3n) is 5.93. The topological polar surface area (TPSA) is 90.7 Å². The van der Waals surface area contributed by atoms with Gasteiger partial charge in [-0.3, -0.25) is 4.79 Å². The van der Waals surface area contributed by atoms with Gasteiger partial charge in [-0.25, -0.2) is 8.42 Å². The molecule has 0 bridgehead atoms. The number of unbranched alkanes of at least 4 members (excludes halogenated alkanes) is 1. The Kier molecular flexibility index (Phi) is 5.17. The van der Waals surface area contributed by atoms with Crippen molar-refractivity contribution in [3.63, 3.8) is 0 Å². The standard InChI is InChI=1S/C20H25N3O4S/c21-10-2-3-13-23-18-8-7-16(28(25,26)22-11-4-5-12-22)15-17(18)20(19(23)24)9-1-6-14-27-20/h7-8,15H,1-6,9,11-14H2. The smallest absolute Gasteiger partial charge is 0.263 e. The zero-order valence-electron chi connectivity index (χ0n) is 15.9. The van der Waals surface area contributed by atoms with E-state index in [0.29, 0.717) is 56.8 Å². The van der Waals surface area contributed by atoms with E-state index in [4.69, 9.17) is 10.00 Å². The Morgan fingerprint density at radius 3 is 2.64 bits per heavy atom. The van der Waals surface area contributed by atoms with Crippen LogP contribution in [0.1, 0.15) is 50.5 Å². The van der Waals surface area contributed by atoms with E-state index in [0.717, 1.165) is 25.7 Å². The van der Waals surface area contributed by atoms with Gasteiger partial charge in [0.15, 0.2) is 5.60 Å². The van der Waals surface area contributed by atoms with Crippen molar-refractivity contribution in [3.8, 4) is 6.07 Å². The number of amides is 1. The van der Waals surface area contributed by atoms with Crippen LogP contribution in [0.2, 0.25) is 0 Å². The Morgan fingerprint density at radius 2 is 1.96 bits per heavy atom. The van der Waals surface area contributed by atoms with Crippen molar-refractivity contribution in [3.05, 3.63) is 23.8 Å². The van der Waals surface area contributed by atoms with Crippen molar-refractivity contribution in [2.45, 2.75) is 55.4 Å². The minimum atomic E-state index is -3.57. The number of nitriles is 1. The summed E-state index contributed by atoms with van der Waals surface area (Å²) < 4.78 is 33.6. The third kappa shape index (κ3) is 3.02. The Morgan fingerprint density at radius 1 is 1.18 bits per heavy atom. The maximum atomic E-state index is 13.3. The molecule has 2 fully saturated rings. The summed E-state index contributed by atoms with van der Waals surface area (Å²) in [6.45, 7) is 2.00. The molecule has 7 nitrogen and oxygen atoms in total. The lowest BCUT2D eigenvalue weighted by Crippen LogP contribution is -2.44. The molecule has 2 saturated heterocycles. The lowest BCUT2D eigenvalue weighted by molar-refractivity contribution is -0.150. The Balaban J connectivity index is 1.75. The summed E-state index contributed by atoms with van der Waals surface area (Å²) in [6.07, 6.45) is 5.01. The minimum Gasteiger partial charge on any atom is -0.360 e. The largest absolute Gasteiger partial charge is 0.360 e. The highest BCUT2D eigenvalue weighted by Crippen LogP contribution is 2.48. The van der Waals surface area contributed by atoms with E-state index >= 15 is 0 Å². The van der Waals surface area contributed by atoms with E-state index < -0.39 is 15.6 Å². The predicted octanol–water partition coefficient (Wildman–Crippen LogP) is 2.52. The Hall–Kier alpha value is -1.95. The van der Waals surface area contributed by atoms with Gasteiger partial charge in [-0.2, -0.15) is 9.57 Å². The first kappa shape index (κ1) is 19.4. The molecule has 28 heavy (non-hydrogen) atoms. The van der Waals surface area contributed by atoms with E-state index in [-0.39, 0.29) is 10.8 Å². The molecule has 3 aliphatic rings. The first-order valence-corrected chi connectivity index (χ1v) is 11.4. The molecule has 3 heterocycles. The first-order valence-electron chi connectivity index (χ1n) is 9.98. The van der Waals surface area contributed by atoms with Crippen LogP contribution in [-0.2, 0) is 25.2 Å². The van der Waals surface area contributed by atoms with E-state index in [1.165, 1.54) is 4.31 Å². The monoisotopic (exact) mass is 403 g/mol. The molecule has 1 amide bonds. The summed E-state index contributed by atoms with van der Waals surface area (Å²) in [5.41, 5.74) is 0.288. The van der Waals surface area contributed by atoms with Crippen molar-refractivity contribution in [2.75, 3.05) is 31.1 Å². The number of anilines is 1. The van der Waals surface area contributed by atoms with Crippen LogP contribution in [0.3, 0.4) is 0 Å². The Labute approximate surface area is 165 Å². The molecule has 150 valence electrons. The molecule has 0 saturated carbocycles. The highest BCUT2D eigenvalue weighted by Gasteiger charge is 2.53. The number of carbonyl (C=O) groups is 1. The van der Waals surface area contributed by atoms with Crippen LogP contribution in [0.4, 0.5) is 5.69 Å². The van der Waals surface area contributed by atoms with Gasteiger partial charge in [0.25, 0.3) is 5.91 Å². The van der Waals surface area contributed by atoms with Crippen LogP contribution in [0.5, 0.6) is 0 Å². The van der Waals surface area contributed by atoms with Gasteiger partial charge in [0.1, 0.15) is 0 Å². The molecule has 3 aliphatic heterocycles. The van der Waals surface area contributed by atoms with Crippen molar-refractivity contribution < 1.29 is 17.9 Å². The maximum absolute atomic E-state index is 13.3. The lowest BCUT2D eigenvalue weighted by Gasteiger charge is -2.33. The second-order valence-electron chi connectivity index (χ2n) is 7.64. The van der Waals surface area contributed by atoms with Crippen molar-refractivity contribution in [2.24, 2.45) is 0 Å². The molecule has 1 unspecified atom stereocenters. The third-order valence-corrected chi connectivity index (χ3v) is 7.82. The van der Waals surface area contributed by atoms with Crippen LogP contribution >= 0.6 is 0 Å². The lowest BCUT2D eigenvalue weighted by atomic mass is 9.87. The molecule has 0 radical (unpaired) electrons. The number of ether oxygens (including phenoxy) is 1. The van der Waals surface area contributed by atoms with Crippen LogP contribution in [0.25, 0.3) is 0 Å². The van der Waals surface area contributed by atoms with Crippen LogP contribution in [-0.4, -0.2) is 44.9 Å². The van der Waals surface area contributed by atoms with Gasteiger partial charge in [-0.05, 0) is 56.7 Å². The average molecular weight is 404 g/mol. The first-order chi connectivity index (χ1) is 13.5. The molecule has 8 heteroatoms. The molecule has 4 rings (SSSR count). The fraction of sp³-hybridized carbons (Fsp3) is 0.600. The molecule has 1 atom stereocenters. The van der Waals surface area contributed by atoms with E-state index in [9.17, 15) is 13.2 Å². The number of nitrogens with zero attached hydrogens (tertiary/aromatic N) is 3. The second kappa shape index (κ2) is 7.47. The number of benzene rings is 1. The predicted molar refractivity (Wildman–Crippen MR) is 103 cm³/mol. The summed E-state index contributed by atoms with van der Waals surface area (Å²) in [5.74, 6) is -0.129. The van der Waals surface area contributed by atoms with E-state index in [1.54, 1.807) is 23.1 Å². The second-order valence-corrected chi connectivity index (χ2v) is 9.58. The SMILES string of the molecule is N#CCCCN1C(=O)C2(CCCCO2)c2cc(S(=O)(=O)N3CCCC3)ccc21. The van der Waals surface area contributed by atoms with Gasteiger partial charge in [0.2, 0.25) is 10.0 Å². The zero-order chi connectivity index (χ0) is 19.8. The van der Waals surface area contributed by atoms with Gasteiger partial charge in [-0.15, -0.1) is 0 Å². The van der Waals surface area contributed by atoms with Gasteiger partial charge in [-0.1, -0.05) is 0 Å². The molecule has 1 spiro atoms. The summed E-state index contributed by atoms with van der Waals surface area (Å²) in [4.78, 5) is 15.2. The van der Waals surface area contributed by atoms with Crippen LogP contribution in [0, 0.1) is 11.3 Å². The summed E-state index contributed by atoms with van der Waals surface area (Å²) in [5, 5.41) is 8.82. The normalized spacial score (nSPS) is 25.2. The summed E-state index contributed by atoms with van der Waals surface area (Å²) in [6, 6.07) is 7.08. The molecule has 1 aromatic carbocycles. The quantitative estimate of drug-likeness (QED) is 0.705. The van der Waals surface area contributed by atoms with Gasteiger partial charge in [0.05, 0.1) is 16.7 Å². The minimum absolute atomic E-state index is 0.129. The number of hydrogen-bond acceptors (Lipinski definition) is 5. The van der Waals surface area contributed by atoms with Gasteiger partial charge < -0.3 is 9.64 Å². The molecular weight excluding hydrogens is 378 g/mol.